The van der Waals surface area contributed by atoms with Crippen LogP contribution in [0, 0.1) is 0 Å². The lowest BCUT2D eigenvalue weighted by Crippen LogP contribution is -2.37. The van der Waals surface area contributed by atoms with Crippen LogP contribution in [0.5, 0.6) is 0 Å². The van der Waals surface area contributed by atoms with Crippen LogP contribution in [0.25, 0.3) is 11.3 Å². The standard InChI is InChI=1S/C17H20N4O/c1-2-4-13(5-3-1)15-12-16(21-8-10-22-11-9-21)20-17(19-15)18-14-6-7-14/h1-5,12,14H,6-11H2,(H,18,19,20). The lowest BCUT2D eigenvalue weighted by Gasteiger charge is -2.28. The fraction of sp³-hybridized carbons (Fsp3) is 0.412. The van der Waals surface area contributed by atoms with Crippen molar-refractivity contribution in [3.05, 3.63) is 36.4 Å². The van der Waals surface area contributed by atoms with Gasteiger partial charge in [-0.3, -0.25) is 0 Å². The van der Waals surface area contributed by atoms with Gasteiger partial charge in [0.05, 0.1) is 18.9 Å². The van der Waals surface area contributed by atoms with Crippen molar-refractivity contribution in [2.24, 2.45) is 0 Å². The molecule has 2 heterocycles. The highest BCUT2D eigenvalue weighted by Crippen LogP contribution is 2.27. The second kappa shape index (κ2) is 5.93. The molecule has 4 rings (SSSR count). The van der Waals surface area contributed by atoms with Crippen molar-refractivity contribution in [1.82, 2.24) is 9.97 Å². The second-order valence-electron chi connectivity index (χ2n) is 5.82. The number of hydrogen-bond donors (Lipinski definition) is 1. The Balaban J connectivity index is 1.69. The quantitative estimate of drug-likeness (QED) is 0.939. The maximum atomic E-state index is 5.44. The summed E-state index contributed by atoms with van der Waals surface area (Å²) in [5.74, 6) is 1.73. The molecule has 2 aromatic rings. The monoisotopic (exact) mass is 296 g/mol. The van der Waals surface area contributed by atoms with Crippen molar-refractivity contribution in [3.8, 4) is 11.3 Å². The smallest absolute Gasteiger partial charge is 0.225 e. The second-order valence-corrected chi connectivity index (χ2v) is 5.82. The number of rotatable bonds is 4. The molecule has 1 N–H and O–H groups in total. The van der Waals surface area contributed by atoms with Gasteiger partial charge in [0, 0.05) is 30.8 Å². The third kappa shape index (κ3) is 3.04. The van der Waals surface area contributed by atoms with Crippen LogP contribution in [0.3, 0.4) is 0 Å². The number of nitrogens with one attached hydrogen (secondary N) is 1. The van der Waals surface area contributed by atoms with Gasteiger partial charge in [0.25, 0.3) is 0 Å². The van der Waals surface area contributed by atoms with Crippen LogP contribution in [0.15, 0.2) is 36.4 Å². The number of benzene rings is 1. The van der Waals surface area contributed by atoms with Crippen LogP contribution in [-0.4, -0.2) is 42.3 Å². The Bertz CT molecular complexity index is 636. The number of anilines is 2. The SMILES string of the molecule is c1ccc(-c2cc(N3CCOCC3)nc(NC3CC3)n2)cc1. The van der Waals surface area contributed by atoms with E-state index in [9.17, 15) is 0 Å². The molecule has 1 saturated heterocycles. The van der Waals surface area contributed by atoms with Crippen LogP contribution in [0.4, 0.5) is 11.8 Å². The molecule has 2 fully saturated rings. The Morgan fingerprint density at radius 3 is 2.55 bits per heavy atom. The molecule has 0 bridgehead atoms. The summed E-state index contributed by atoms with van der Waals surface area (Å²) in [7, 11) is 0. The average molecular weight is 296 g/mol. The fourth-order valence-electron chi connectivity index (χ4n) is 2.62. The van der Waals surface area contributed by atoms with E-state index in [0.29, 0.717) is 6.04 Å². The van der Waals surface area contributed by atoms with E-state index in [1.165, 1.54) is 12.8 Å². The molecule has 1 aromatic carbocycles. The van der Waals surface area contributed by atoms with E-state index >= 15 is 0 Å². The number of nitrogens with zero attached hydrogens (tertiary/aromatic N) is 3. The van der Waals surface area contributed by atoms with Gasteiger partial charge in [-0.05, 0) is 12.8 Å². The van der Waals surface area contributed by atoms with Gasteiger partial charge in [-0.2, -0.15) is 4.98 Å². The highest BCUT2D eigenvalue weighted by Gasteiger charge is 2.23. The number of morpholine rings is 1. The van der Waals surface area contributed by atoms with Gasteiger partial charge in [-0.25, -0.2) is 4.98 Å². The van der Waals surface area contributed by atoms with E-state index in [1.807, 2.05) is 18.2 Å². The summed E-state index contributed by atoms with van der Waals surface area (Å²) in [5, 5.41) is 3.43. The average Bonchev–Trinajstić information content (AvgIpc) is 3.40. The molecule has 1 saturated carbocycles. The van der Waals surface area contributed by atoms with Crippen molar-refractivity contribution in [3.63, 3.8) is 0 Å². The molecule has 5 heteroatoms. The van der Waals surface area contributed by atoms with E-state index in [2.05, 4.69) is 28.4 Å². The topological polar surface area (TPSA) is 50.3 Å². The first-order valence-corrected chi connectivity index (χ1v) is 7.92. The maximum Gasteiger partial charge on any atom is 0.225 e. The largest absolute Gasteiger partial charge is 0.378 e. The van der Waals surface area contributed by atoms with Gasteiger partial charge in [0.2, 0.25) is 5.95 Å². The predicted octanol–water partition coefficient (Wildman–Crippen LogP) is 2.55. The molecule has 0 radical (unpaired) electrons. The first-order valence-electron chi connectivity index (χ1n) is 7.92. The van der Waals surface area contributed by atoms with Crippen molar-refractivity contribution in [2.45, 2.75) is 18.9 Å². The van der Waals surface area contributed by atoms with Gasteiger partial charge in [-0.1, -0.05) is 30.3 Å². The van der Waals surface area contributed by atoms with E-state index in [1.54, 1.807) is 0 Å². The first kappa shape index (κ1) is 13.5. The third-order valence-corrected chi connectivity index (χ3v) is 4.03. The molecule has 1 aromatic heterocycles. The Morgan fingerprint density at radius 2 is 1.82 bits per heavy atom. The van der Waals surface area contributed by atoms with Gasteiger partial charge >= 0.3 is 0 Å². The molecule has 5 nitrogen and oxygen atoms in total. The Morgan fingerprint density at radius 1 is 1.05 bits per heavy atom. The van der Waals surface area contributed by atoms with E-state index < -0.39 is 0 Å². The van der Waals surface area contributed by atoms with Crippen LogP contribution in [-0.2, 0) is 4.74 Å². The maximum absolute atomic E-state index is 5.44. The summed E-state index contributed by atoms with van der Waals surface area (Å²) in [6.45, 7) is 3.29. The predicted molar refractivity (Wildman–Crippen MR) is 87.1 cm³/mol. The van der Waals surface area contributed by atoms with Crippen molar-refractivity contribution in [1.29, 1.82) is 0 Å². The zero-order chi connectivity index (χ0) is 14.8. The number of hydrogen-bond acceptors (Lipinski definition) is 5. The summed E-state index contributed by atoms with van der Waals surface area (Å²) in [5.41, 5.74) is 2.10. The fourth-order valence-corrected chi connectivity index (χ4v) is 2.62. The summed E-state index contributed by atoms with van der Waals surface area (Å²) in [4.78, 5) is 11.7. The molecular formula is C17H20N4O. The van der Waals surface area contributed by atoms with Gasteiger partial charge in [-0.15, -0.1) is 0 Å². The van der Waals surface area contributed by atoms with E-state index in [0.717, 1.165) is 49.3 Å². The number of aromatic nitrogens is 2. The van der Waals surface area contributed by atoms with Gasteiger partial charge < -0.3 is 15.0 Å². The molecule has 1 aliphatic carbocycles. The Labute approximate surface area is 130 Å². The van der Waals surface area contributed by atoms with Crippen LogP contribution < -0.4 is 10.2 Å². The Hall–Kier alpha value is -2.14. The number of ether oxygens (including phenoxy) is 1. The van der Waals surface area contributed by atoms with Crippen molar-refractivity contribution >= 4 is 11.8 Å². The summed E-state index contributed by atoms with van der Waals surface area (Å²) in [6, 6.07) is 12.9. The van der Waals surface area contributed by atoms with Crippen LogP contribution >= 0.6 is 0 Å². The third-order valence-electron chi connectivity index (χ3n) is 4.03. The van der Waals surface area contributed by atoms with Crippen LogP contribution in [0.1, 0.15) is 12.8 Å². The first-order chi connectivity index (χ1) is 10.9. The summed E-state index contributed by atoms with van der Waals surface area (Å²) < 4.78 is 5.44. The molecular weight excluding hydrogens is 276 g/mol. The molecule has 22 heavy (non-hydrogen) atoms. The van der Waals surface area contributed by atoms with Gasteiger partial charge in [0.15, 0.2) is 0 Å². The zero-order valence-corrected chi connectivity index (χ0v) is 12.5. The van der Waals surface area contributed by atoms with Gasteiger partial charge in [0.1, 0.15) is 5.82 Å². The minimum atomic E-state index is 0.545. The minimum Gasteiger partial charge on any atom is -0.378 e. The van der Waals surface area contributed by atoms with Crippen molar-refractivity contribution < 1.29 is 4.74 Å². The summed E-state index contributed by atoms with van der Waals surface area (Å²) in [6.07, 6.45) is 2.43. The lowest BCUT2D eigenvalue weighted by atomic mass is 10.1. The van der Waals surface area contributed by atoms with Crippen LogP contribution in [0.2, 0.25) is 0 Å². The van der Waals surface area contributed by atoms with E-state index in [4.69, 9.17) is 14.7 Å². The minimum absolute atomic E-state index is 0.545. The normalized spacial score (nSPS) is 18.3. The van der Waals surface area contributed by atoms with E-state index in [-0.39, 0.29) is 0 Å². The lowest BCUT2D eigenvalue weighted by molar-refractivity contribution is 0.122. The molecule has 114 valence electrons. The molecule has 1 aliphatic heterocycles. The molecule has 0 amide bonds. The Kier molecular flexibility index (Phi) is 3.64. The molecule has 2 aliphatic rings. The molecule has 0 unspecified atom stereocenters. The molecule has 0 atom stereocenters. The highest BCUT2D eigenvalue weighted by molar-refractivity contribution is 5.65. The summed E-state index contributed by atoms with van der Waals surface area (Å²) >= 11 is 0. The zero-order valence-electron chi connectivity index (χ0n) is 12.5. The molecule has 0 spiro atoms. The highest BCUT2D eigenvalue weighted by atomic mass is 16.5. The van der Waals surface area contributed by atoms with Crippen molar-refractivity contribution in [2.75, 3.05) is 36.5 Å².